The number of pyridine rings is 1. The van der Waals surface area contributed by atoms with Crippen LogP contribution in [0.1, 0.15) is 19.3 Å². The molecule has 9 nitrogen and oxygen atoms in total. The van der Waals surface area contributed by atoms with E-state index in [1.165, 1.54) is 0 Å². The average molecular weight is 393 g/mol. The average Bonchev–Trinajstić information content (AvgIpc) is 3.42. The molecule has 4 rings (SSSR count). The van der Waals surface area contributed by atoms with E-state index in [2.05, 4.69) is 25.6 Å². The van der Waals surface area contributed by atoms with Gasteiger partial charge < -0.3 is 9.64 Å². The number of anilines is 1. The Balaban J connectivity index is 1.13. The lowest BCUT2D eigenvalue weighted by Crippen LogP contribution is -2.32. The number of hydrogen-bond donors (Lipinski definition) is 1. The summed E-state index contributed by atoms with van der Waals surface area (Å²) in [4.78, 5) is 20.2. The van der Waals surface area contributed by atoms with Crippen LogP contribution < -0.4 is 9.64 Å². The molecule has 1 aliphatic heterocycles. The van der Waals surface area contributed by atoms with Gasteiger partial charge >= 0.3 is 6.03 Å². The molecular weight excluding hydrogens is 370 g/mol. The highest BCUT2D eigenvalue weighted by atomic mass is 16.5. The van der Waals surface area contributed by atoms with Crippen LogP contribution in [0, 0.1) is 0 Å². The van der Waals surface area contributed by atoms with Crippen molar-refractivity contribution in [1.29, 1.82) is 0 Å². The van der Waals surface area contributed by atoms with E-state index in [0.29, 0.717) is 12.4 Å². The minimum atomic E-state index is 0.0779. The number of nitrogens with zero attached hydrogens (tertiary/aromatic N) is 6. The Kier molecular flexibility index (Phi) is 5.94. The van der Waals surface area contributed by atoms with Gasteiger partial charge in [0.25, 0.3) is 0 Å². The largest absolute Gasteiger partial charge is 0.494 e. The van der Waals surface area contributed by atoms with Gasteiger partial charge in [0.15, 0.2) is 0 Å². The normalized spacial score (nSPS) is 13.9. The van der Waals surface area contributed by atoms with Gasteiger partial charge in [0.2, 0.25) is 5.82 Å². The summed E-state index contributed by atoms with van der Waals surface area (Å²) in [5.41, 5.74) is 1.80. The first-order valence-corrected chi connectivity index (χ1v) is 9.74. The number of carbonyl (C=O) groups excluding carboxylic acids is 1. The van der Waals surface area contributed by atoms with E-state index >= 15 is 0 Å². The molecule has 0 saturated carbocycles. The smallest absolute Gasteiger partial charge is 0.324 e. The number of urea groups is 1. The van der Waals surface area contributed by atoms with Gasteiger partial charge in [0.1, 0.15) is 5.75 Å². The molecule has 1 aromatic carbocycles. The second kappa shape index (κ2) is 9.13. The molecule has 29 heavy (non-hydrogen) atoms. The highest BCUT2D eigenvalue weighted by molar-refractivity contribution is 5.93. The summed E-state index contributed by atoms with van der Waals surface area (Å²) < 4.78 is 5.79. The van der Waals surface area contributed by atoms with E-state index in [-0.39, 0.29) is 6.03 Å². The maximum absolute atomic E-state index is 12.5. The van der Waals surface area contributed by atoms with Crippen molar-refractivity contribution in [2.45, 2.75) is 19.3 Å². The summed E-state index contributed by atoms with van der Waals surface area (Å²) in [6, 6.07) is 11.4. The van der Waals surface area contributed by atoms with Crippen LogP contribution in [0.4, 0.5) is 10.5 Å². The van der Waals surface area contributed by atoms with Crippen molar-refractivity contribution < 1.29 is 9.53 Å². The minimum Gasteiger partial charge on any atom is -0.494 e. The van der Waals surface area contributed by atoms with Crippen LogP contribution in [0.15, 0.2) is 48.8 Å². The molecule has 0 unspecified atom stereocenters. The first-order valence-electron chi connectivity index (χ1n) is 9.74. The third-order valence-electron chi connectivity index (χ3n) is 4.87. The molecule has 1 aliphatic rings. The molecule has 1 saturated heterocycles. The highest BCUT2D eigenvalue weighted by Gasteiger charge is 2.28. The molecule has 150 valence electrons. The van der Waals surface area contributed by atoms with Crippen LogP contribution in [0.3, 0.4) is 0 Å². The molecule has 0 spiro atoms. The van der Waals surface area contributed by atoms with Crippen molar-refractivity contribution in [3.8, 4) is 17.1 Å². The maximum atomic E-state index is 12.5. The molecule has 1 N–H and O–H groups in total. The number of aromatic nitrogens is 5. The first kappa shape index (κ1) is 18.9. The summed E-state index contributed by atoms with van der Waals surface area (Å²) in [5, 5.41) is 13.9. The van der Waals surface area contributed by atoms with Gasteiger partial charge in [0, 0.05) is 43.3 Å². The first-order chi connectivity index (χ1) is 14.3. The number of rotatable bonds is 9. The van der Waals surface area contributed by atoms with Gasteiger partial charge in [-0.3, -0.25) is 9.88 Å². The second-order valence-corrected chi connectivity index (χ2v) is 6.80. The molecule has 0 radical (unpaired) electrons. The van der Waals surface area contributed by atoms with Crippen LogP contribution in [0.25, 0.3) is 11.4 Å². The van der Waals surface area contributed by atoms with E-state index < -0.39 is 0 Å². The number of hydrogen-bond acceptors (Lipinski definition) is 6. The molecule has 0 bridgehead atoms. The molecule has 0 atom stereocenters. The summed E-state index contributed by atoms with van der Waals surface area (Å²) >= 11 is 0. The standard InChI is InChI=1S/C20H23N7O2/c28-20-26(13-14-27(20)17-8-10-21-11-9-17)12-2-1-3-15-29-18-6-4-16(5-7-18)19-22-24-25-23-19/h4-11H,1-3,12-15H2,(H,22,23,24,25). The van der Waals surface area contributed by atoms with E-state index in [0.717, 1.165) is 55.9 Å². The van der Waals surface area contributed by atoms with Gasteiger partial charge in [-0.1, -0.05) is 0 Å². The number of H-pyrrole nitrogens is 1. The molecule has 3 aromatic rings. The molecule has 1 fully saturated rings. The summed E-state index contributed by atoms with van der Waals surface area (Å²) in [7, 11) is 0. The number of amides is 2. The van der Waals surface area contributed by atoms with Crippen molar-refractivity contribution in [2.75, 3.05) is 31.1 Å². The second-order valence-electron chi connectivity index (χ2n) is 6.80. The topological polar surface area (TPSA) is 100 Å². The zero-order valence-electron chi connectivity index (χ0n) is 16.1. The molecule has 3 heterocycles. The van der Waals surface area contributed by atoms with Gasteiger partial charge in [0.05, 0.1) is 6.61 Å². The van der Waals surface area contributed by atoms with Crippen LogP contribution in [0.2, 0.25) is 0 Å². The number of benzene rings is 1. The summed E-state index contributed by atoms with van der Waals surface area (Å²) in [6.45, 7) is 2.93. The van der Waals surface area contributed by atoms with Crippen LogP contribution in [-0.2, 0) is 0 Å². The number of unbranched alkanes of at least 4 members (excludes halogenated alkanes) is 2. The number of aromatic amines is 1. The summed E-state index contributed by atoms with van der Waals surface area (Å²) in [5.74, 6) is 1.38. The van der Waals surface area contributed by atoms with Gasteiger partial charge in [-0.2, -0.15) is 5.21 Å². The number of ether oxygens (including phenoxy) is 1. The van der Waals surface area contributed by atoms with E-state index in [9.17, 15) is 4.79 Å². The molecule has 9 heteroatoms. The Hall–Kier alpha value is -3.49. The van der Waals surface area contributed by atoms with Gasteiger partial charge in [-0.15, -0.1) is 10.2 Å². The number of tetrazole rings is 1. The lowest BCUT2D eigenvalue weighted by Gasteiger charge is -2.18. The zero-order valence-corrected chi connectivity index (χ0v) is 16.1. The van der Waals surface area contributed by atoms with Crippen LogP contribution in [-0.4, -0.2) is 62.8 Å². The monoisotopic (exact) mass is 393 g/mol. The van der Waals surface area contributed by atoms with E-state index in [1.54, 1.807) is 12.4 Å². The fraction of sp³-hybridized carbons (Fsp3) is 0.350. The SMILES string of the molecule is O=C1N(CCCCCOc2ccc(-c3nn[nH]n3)cc2)CCN1c1ccncc1. The number of nitrogens with one attached hydrogen (secondary N) is 1. The fourth-order valence-electron chi connectivity index (χ4n) is 3.31. The molecule has 2 aromatic heterocycles. The Morgan fingerprint density at radius 2 is 1.83 bits per heavy atom. The highest BCUT2D eigenvalue weighted by Crippen LogP contribution is 2.20. The lowest BCUT2D eigenvalue weighted by molar-refractivity contribution is 0.219. The minimum absolute atomic E-state index is 0.0779. The van der Waals surface area contributed by atoms with Crippen molar-refractivity contribution >= 4 is 11.7 Å². The Labute approximate surface area is 168 Å². The van der Waals surface area contributed by atoms with E-state index in [4.69, 9.17) is 4.74 Å². The predicted octanol–water partition coefficient (Wildman–Crippen LogP) is 2.75. The third-order valence-corrected chi connectivity index (χ3v) is 4.87. The van der Waals surface area contributed by atoms with E-state index in [1.807, 2.05) is 46.2 Å². The maximum Gasteiger partial charge on any atom is 0.324 e. The summed E-state index contributed by atoms with van der Waals surface area (Å²) in [6.07, 6.45) is 6.35. The Morgan fingerprint density at radius 1 is 1.00 bits per heavy atom. The van der Waals surface area contributed by atoms with Crippen LogP contribution in [0.5, 0.6) is 5.75 Å². The third kappa shape index (κ3) is 4.68. The lowest BCUT2D eigenvalue weighted by atomic mass is 10.2. The number of carbonyl (C=O) groups is 1. The van der Waals surface area contributed by atoms with Crippen molar-refractivity contribution in [3.63, 3.8) is 0 Å². The van der Waals surface area contributed by atoms with Crippen molar-refractivity contribution in [2.24, 2.45) is 0 Å². The Bertz CT molecular complexity index is 900. The zero-order chi connectivity index (χ0) is 19.9. The van der Waals surface area contributed by atoms with Crippen molar-refractivity contribution in [3.05, 3.63) is 48.8 Å². The van der Waals surface area contributed by atoms with Crippen LogP contribution >= 0.6 is 0 Å². The fourth-order valence-corrected chi connectivity index (χ4v) is 3.31. The van der Waals surface area contributed by atoms with Gasteiger partial charge in [-0.25, -0.2) is 4.79 Å². The molecule has 2 amide bonds. The van der Waals surface area contributed by atoms with Gasteiger partial charge in [-0.05, 0) is 60.9 Å². The predicted molar refractivity (Wildman–Crippen MR) is 108 cm³/mol. The quantitative estimate of drug-likeness (QED) is 0.561. The molecular formula is C20H23N7O2. The molecule has 0 aliphatic carbocycles. The Morgan fingerprint density at radius 3 is 2.59 bits per heavy atom. The van der Waals surface area contributed by atoms with Crippen molar-refractivity contribution in [1.82, 2.24) is 30.5 Å².